The average molecular weight is 297 g/mol. The molecular formula is C8H6F2INO. The Morgan fingerprint density at radius 1 is 1.31 bits per heavy atom. The number of rotatable bonds is 2. The zero-order valence-electron chi connectivity index (χ0n) is 6.48. The predicted molar refractivity (Wildman–Crippen MR) is 53.9 cm³/mol. The standard InChI is InChI=1S/C8H6F2INO/c9-5-1-6(10)3-7(2-5)12-8(13)4-11/h1-3H,4H2,(H,12,13). The number of carbonyl (C=O) groups excluding carboxylic acids is 1. The van der Waals surface area contributed by atoms with Crippen molar-refractivity contribution in [3.8, 4) is 0 Å². The molecule has 1 rings (SSSR count). The van der Waals surface area contributed by atoms with Crippen LogP contribution in [0.4, 0.5) is 14.5 Å². The maximum atomic E-state index is 12.6. The van der Waals surface area contributed by atoms with Crippen LogP contribution in [0.2, 0.25) is 0 Å². The molecule has 0 spiro atoms. The molecule has 1 N–H and O–H groups in total. The van der Waals surface area contributed by atoms with Crippen molar-refractivity contribution in [2.75, 3.05) is 9.74 Å². The zero-order valence-corrected chi connectivity index (χ0v) is 8.64. The molecule has 0 saturated heterocycles. The second-order valence-corrected chi connectivity index (χ2v) is 3.10. The minimum atomic E-state index is -0.705. The molecule has 0 unspecified atom stereocenters. The van der Waals surface area contributed by atoms with Gasteiger partial charge in [-0.2, -0.15) is 0 Å². The molecule has 0 radical (unpaired) electrons. The Hall–Kier alpha value is -0.720. The highest BCUT2D eigenvalue weighted by Gasteiger charge is 2.03. The summed E-state index contributed by atoms with van der Waals surface area (Å²) in [5.41, 5.74) is 0.138. The molecule has 0 saturated carbocycles. The van der Waals surface area contributed by atoms with Gasteiger partial charge in [-0.15, -0.1) is 0 Å². The van der Waals surface area contributed by atoms with Crippen LogP contribution >= 0.6 is 22.6 Å². The summed E-state index contributed by atoms with van der Waals surface area (Å²) in [5, 5.41) is 2.35. The largest absolute Gasteiger partial charge is 0.325 e. The van der Waals surface area contributed by atoms with Crippen LogP contribution in [0, 0.1) is 11.6 Å². The van der Waals surface area contributed by atoms with E-state index < -0.39 is 11.6 Å². The van der Waals surface area contributed by atoms with Gasteiger partial charge in [-0.05, 0) is 12.1 Å². The molecule has 0 aromatic heterocycles. The fraction of sp³-hybridized carbons (Fsp3) is 0.125. The summed E-state index contributed by atoms with van der Waals surface area (Å²) >= 11 is 1.86. The van der Waals surface area contributed by atoms with E-state index in [1.54, 1.807) is 0 Å². The fourth-order valence-electron chi connectivity index (χ4n) is 0.820. The highest BCUT2D eigenvalue weighted by Crippen LogP contribution is 2.12. The first-order chi connectivity index (χ1) is 6.11. The lowest BCUT2D eigenvalue weighted by Gasteiger charge is -2.02. The van der Waals surface area contributed by atoms with E-state index in [-0.39, 0.29) is 16.0 Å². The highest BCUT2D eigenvalue weighted by molar-refractivity contribution is 14.1. The van der Waals surface area contributed by atoms with Crippen molar-refractivity contribution in [3.63, 3.8) is 0 Å². The lowest BCUT2D eigenvalue weighted by atomic mass is 10.3. The quantitative estimate of drug-likeness (QED) is 0.659. The molecule has 2 nitrogen and oxygen atoms in total. The Balaban J connectivity index is 2.83. The third-order valence-corrected chi connectivity index (χ3v) is 1.96. The second kappa shape index (κ2) is 4.50. The normalized spacial score (nSPS) is 9.77. The van der Waals surface area contributed by atoms with Gasteiger partial charge in [0.05, 0.1) is 4.43 Å². The van der Waals surface area contributed by atoms with Gasteiger partial charge < -0.3 is 5.32 Å². The molecule has 0 atom stereocenters. The summed E-state index contributed by atoms with van der Waals surface area (Å²) in [4.78, 5) is 10.8. The van der Waals surface area contributed by atoms with E-state index in [1.807, 2.05) is 22.6 Å². The summed E-state index contributed by atoms with van der Waals surface area (Å²) in [6.45, 7) is 0. The Morgan fingerprint density at radius 2 is 1.85 bits per heavy atom. The molecule has 0 fully saturated rings. The molecule has 5 heteroatoms. The maximum absolute atomic E-state index is 12.6. The number of benzene rings is 1. The molecule has 0 aliphatic carbocycles. The fourth-order valence-corrected chi connectivity index (χ4v) is 1.01. The number of anilines is 1. The molecule has 70 valence electrons. The van der Waals surface area contributed by atoms with Crippen LogP contribution in [-0.4, -0.2) is 10.3 Å². The summed E-state index contributed by atoms with van der Waals surface area (Å²) in [6, 6.07) is 2.88. The molecule has 1 aromatic carbocycles. The van der Waals surface area contributed by atoms with E-state index in [4.69, 9.17) is 0 Å². The zero-order chi connectivity index (χ0) is 9.84. The molecule has 0 aliphatic heterocycles. The number of halogens is 3. The van der Waals surface area contributed by atoms with E-state index in [0.29, 0.717) is 0 Å². The number of amides is 1. The van der Waals surface area contributed by atoms with Gasteiger partial charge in [0.1, 0.15) is 11.6 Å². The first kappa shape index (κ1) is 10.4. The van der Waals surface area contributed by atoms with Crippen LogP contribution < -0.4 is 5.32 Å². The van der Waals surface area contributed by atoms with Crippen molar-refractivity contribution in [3.05, 3.63) is 29.8 Å². The van der Waals surface area contributed by atoms with Gasteiger partial charge >= 0.3 is 0 Å². The van der Waals surface area contributed by atoms with Crippen LogP contribution in [0.1, 0.15) is 0 Å². The smallest absolute Gasteiger partial charge is 0.234 e. The summed E-state index contributed by atoms with van der Waals surface area (Å²) < 4.78 is 25.4. The predicted octanol–water partition coefficient (Wildman–Crippen LogP) is 2.34. The first-order valence-electron chi connectivity index (χ1n) is 3.43. The third-order valence-electron chi connectivity index (χ3n) is 1.27. The van der Waals surface area contributed by atoms with Crippen LogP contribution in [0.25, 0.3) is 0 Å². The molecule has 0 aliphatic rings. The molecule has 0 bridgehead atoms. The van der Waals surface area contributed by atoms with E-state index in [2.05, 4.69) is 5.32 Å². The monoisotopic (exact) mass is 297 g/mol. The summed E-state index contributed by atoms with van der Waals surface area (Å²) in [5.74, 6) is -1.70. The van der Waals surface area contributed by atoms with Crippen molar-refractivity contribution < 1.29 is 13.6 Å². The van der Waals surface area contributed by atoms with Crippen molar-refractivity contribution >= 4 is 34.2 Å². The summed E-state index contributed by atoms with van der Waals surface area (Å²) in [6.07, 6.45) is 0. The van der Waals surface area contributed by atoms with Crippen LogP contribution in [0.15, 0.2) is 18.2 Å². The number of hydrogen-bond acceptors (Lipinski definition) is 1. The molecule has 1 amide bonds. The Morgan fingerprint density at radius 3 is 2.31 bits per heavy atom. The highest BCUT2D eigenvalue weighted by atomic mass is 127. The van der Waals surface area contributed by atoms with Gasteiger partial charge in [-0.1, -0.05) is 22.6 Å². The second-order valence-electron chi connectivity index (χ2n) is 2.34. The number of carbonyl (C=O) groups is 1. The van der Waals surface area contributed by atoms with E-state index >= 15 is 0 Å². The van der Waals surface area contributed by atoms with E-state index in [0.717, 1.165) is 18.2 Å². The summed E-state index contributed by atoms with van der Waals surface area (Å²) in [7, 11) is 0. The van der Waals surface area contributed by atoms with Gasteiger partial charge in [-0.3, -0.25) is 4.79 Å². The van der Waals surface area contributed by atoms with E-state index in [1.165, 1.54) is 0 Å². The lowest BCUT2D eigenvalue weighted by Crippen LogP contribution is -2.12. The van der Waals surface area contributed by atoms with Gasteiger partial charge in [0.15, 0.2) is 0 Å². The van der Waals surface area contributed by atoms with Crippen molar-refractivity contribution in [2.45, 2.75) is 0 Å². The molecule has 1 aromatic rings. The van der Waals surface area contributed by atoms with Crippen molar-refractivity contribution in [1.29, 1.82) is 0 Å². The number of hydrogen-bond donors (Lipinski definition) is 1. The Labute approximate surface area is 87.5 Å². The molecule has 0 heterocycles. The third kappa shape index (κ3) is 3.25. The lowest BCUT2D eigenvalue weighted by molar-refractivity contribution is -0.113. The van der Waals surface area contributed by atoms with Crippen LogP contribution in [0.5, 0.6) is 0 Å². The van der Waals surface area contributed by atoms with Crippen molar-refractivity contribution in [1.82, 2.24) is 0 Å². The Kier molecular flexibility index (Phi) is 3.58. The average Bonchev–Trinajstić information content (AvgIpc) is 2.02. The van der Waals surface area contributed by atoms with Crippen molar-refractivity contribution in [2.24, 2.45) is 0 Å². The SMILES string of the molecule is O=C(CI)Nc1cc(F)cc(F)c1. The number of nitrogens with one attached hydrogen (secondary N) is 1. The molecular weight excluding hydrogens is 291 g/mol. The van der Waals surface area contributed by atoms with Gasteiger partial charge in [-0.25, -0.2) is 8.78 Å². The van der Waals surface area contributed by atoms with Gasteiger partial charge in [0.2, 0.25) is 5.91 Å². The van der Waals surface area contributed by atoms with Gasteiger partial charge in [0.25, 0.3) is 0 Å². The Bertz CT molecular complexity index is 310. The van der Waals surface area contributed by atoms with Crippen LogP contribution in [0.3, 0.4) is 0 Å². The minimum absolute atomic E-state index is 0.138. The topological polar surface area (TPSA) is 29.1 Å². The van der Waals surface area contributed by atoms with Gasteiger partial charge in [0, 0.05) is 11.8 Å². The molecule has 13 heavy (non-hydrogen) atoms. The minimum Gasteiger partial charge on any atom is -0.325 e. The maximum Gasteiger partial charge on any atom is 0.234 e. The van der Waals surface area contributed by atoms with E-state index in [9.17, 15) is 13.6 Å². The number of alkyl halides is 1. The first-order valence-corrected chi connectivity index (χ1v) is 4.96. The van der Waals surface area contributed by atoms with Crippen LogP contribution in [-0.2, 0) is 4.79 Å².